The summed E-state index contributed by atoms with van der Waals surface area (Å²) in [4.78, 5) is 2.48. The predicted octanol–water partition coefficient (Wildman–Crippen LogP) is 16.2. The van der Waals surface area contributed by atoms with Crippen molar-refractivity contribution < 1.29 is 4.42 Å². The molecule has 12 rings (SSSR count). The highest BCUT2D eigenvalue weighted by molar-refractivity contribution is 6.19. The van der Waals surface area contributed by atoms with Crippen molar-refractivity contribution in [3.63, 3.8) is 0 Å². The fraction of sp³-hybridized carbons (Fsp3) is 0.103. The molecule has 0 amide bonds. The maximum absolute atomic E-state index is 6.60. The first-order chi connectivity index (χ1) is 29.3. The van der Waals surface area contributed by atoms with E-state index in [0.29, 0.717) is 0 Å². The number of furan rings is 1. The topological polar surface area (TPSA) is 16.4 Å². The number of hydrogen-bond acceptors (Lipinski definition) is 2. The SMILES string of the molecule is CC1(C)c2ccccc2-c2ccc(N(c3ccc(-c4cccc5oc6c7ccccc7ccc6c45)cc3)c3ccccc3-c3cccc4c3C(C)(C)c3ccccc3-4)cc21. The van der Waals surface area contributed by atoms with Crippen LogP contribution in [0.2, 0.25) is 0 Å². The summed E-state index contributed by atoms with van der Waals surface area (Å²) in [6.45, 7) is 9.49. The van der Waals surface area contributed by atoms with E-state index in [4.69, 9.17) is 4.42 Å². The molecule has 10 aromatic rings. The summed E-state index contributed by atoms with van der Waals surface area (Å²) in [6.07, 6.45) is 0. The largest absolute Gasteiger partial charge is 0.455 e. The maximum Gasteiger partial charge on any atom is 0.143 e. The summed E-state index contributed by atoms with van der Waals surface area (Å²) in [5.74, 6) is 0. The average molecular weight is 770 g/mol. The average Bonchev–Trinajstić information content (AvgIpc) is 3.87. The molecule has 0 saturated carbocycles. The van der Waals surface area contributed by atoms with Gasteiger partial charge in [-0.1, -0.05) is 173 Å². The molecular formula is C58H43NO. The lowest BCUT2D eigenvalue weighted by Gasteiger charge is -2.31. The zero-order valence-corrected chi connectivity index (χ0v) is 34.3. The van der Waals surface area contributed by atoms with Gasteiger partial charge < -0.3 is 9.32 Å². The first-order valence-electron chi connectivity index (χ1n) is 21.1. The Hall–Kier alpha value is -7.16. The first kappa shape index (κ1) is 34.8. The van der Waals surface area contributed by atoms with E-state index in [-0.39, 0.29) is 10.8 Å². The molecular weight excluding hydrogens is 727 g/mol. The summed E-state index contributed by atoms with van der Waals surface area (Å²) in [5, 5.41) is 4.61. The van der Waals surface area contributed by atoms with Crippen molar-refractivity contribution in [2.45, 2.75) is 38.5 Å². The zero-order valence-electron chi connectivity index (χ0n) is 34.3. The van der Waals surface area contributed by atoms with Gasteiger partial charge in [0, 0.05) is 43.9 Å². The quantitative estimate of drug-likeness (QED) is 0.173. The molecule has 0 saturated heterocycles. The molecule has 0 spiro atoms. The number of hydrogen-bond donors (Lipinski definition) is 0. The van der Waals surface area contributed by atoms with Crippen LogP contribution < -0.4 is 4.90 Å². The Bertz CT molecular complexity index is 3380. The third kappa shape index (κ3) is 4.88. The maximum atomic E-state index is 6.60. The van der Waals surface area contributed by atoms with E-state index < -0.39 is 0 Å². The zero-order chi connectivity index (χ0) is 40.3. The van der Waals surface area contributed by atoms with Gasteiger partial charge in [-0.15, -0.1) is 0 Å². The van der Waals surface area contributed by atoms with Crippen LogP contribution in [0.5, 0.6) is 0 Å². The fourth-order valence-corrected chi connectivity index (χ4v) is 10.8. The Morgan fingerprint density at radius 2 is 0.983 bits per heavy atom. The fourth-order valence-electron chi connectivity index (χ4n) is 10.8. The lowest BCUT2D eigenvalue weighted by Crippen LogP contribution is -2.18. The van der Waals surface area contributed by atoms with Gasteiger partial charge in [0.25, 0.3) is 0 Å². The van der Waals surface area contributed by atoms with E-state index in [9.17, 15) is 0 Å². The summed E-state index contributed by atoms with van der Waals surface area (Å²) in [7, 11) is 0. The second kappa shape index (κ2) is 12.7. The van der Waals surface area contributed by atoms with Gasteiger partial charge >= 0.3 is 0 Å². The second-order valence-electron chi connectivity index (χ2n) is 17.6. The standard InChI is InChI=1S/C58H43NO/c1-57(2)49-23-10-7-17-42(49)44-34-32-39(35-51(44)57)59(52-25-12-9-19-45(52)47-22-13-21-46-43-18-8-11-24-50(43)58(3,4)55(46)47)38-30-27-37(28-31-38)40-20-14-26-53-54(40)48-33-29-36-15-5-6-16-41(36)56(48)60-53/h5-35H,1-4H3. The number of rotatable bonds is 5. The monoisotopic (exact) mass is 769 g/mol. The van der Waals surface area contributed by atoms with Gasteiger partial charge in [-0.05, 0) is 109 Å². The van der Waals surface area contributed by atoms with Crippen LogP contribution in [-0.2, 0) is 10.8 Å². The van der Waals surface area contributed by atoms with Gasteiger partial charge in [-0.25, -0.2) is 0 Å². The normalized spacial score (nSPS) is 14.3. The van der Waals surface area contributed by atoms with Crippen molar-refractivity contribution in [2.24, 2.45) is 0 Å². The van der Waals surface area contributed by atoms with Crippen LogP contribution in [-0.4, -0.2) is 0 Å². The van der Waals surface area contributed by atoms with Crippen molar-refractivity contribution in [1.82, 2.24) is 0 Å². The minimum Gasteiger partial charge on any atom is -0.455 e. The minimum absolute atomic E-state index is 0.135. The molecule has 0 radical (unpaired) electrons. The number of fused-ring (bicyclic) bond motifs is 11. The smallest absolute Gasteiger partial charge is 0.143 e. The lowest BCUT2D eigenvalue weighted by molar-refractivity contribution is 0.660. The van der Waals surface area contributed by atoms with Gasteiger partial charge in [0.2, 0.25) is 0 Å². The summed E-state index contributed by atoms with van der Waals surface area (Å²) >= 11 is 0. The van der Waals surface area contributed by atoms with E-state index in [0.717, 1.165) is 50.0 Å². The highest BCUT2D eigenvalue weighted by atomic mass is 16.3. The molecule has 9 aromatic carbocycles. The summed E-state index contributed by atoms with van der Waals surface area (Å²) in [6, 6.07) is 69.3. The Balaban J connectivity index is 1.05. The Morgan fingerprint density at radius 3 is 1.78 bits per heavy atom. The molecule has 1 heterocycles. The van der Waals surface area contributed by atoms with Gasteiger partial charge in [-0.2, -0.15) is 0 Å². The van der Waals surface area contributed by atoms with E-state index in [1.807, 2.05) is 0 Å². The molecule has 0 fully saturated rings. The predicted molar refractivity (Wildman–Crippen MR) is 252 cm³/mol. The molecule has 2 aliphatic carbocycles. The molecule has 2 nitrogen and oxygen atoms in total. The molecule has 0 bridgehead atoms. The third-order valence-corrected chi connectivity index (χ3v) is 13.7. The number of anilines is 3. The van der Waals surface area contributed by atoms with Crippen LogP contribution in [0.15, 0.2) is 192 Å². The van der Waals surface area contributed by atoms with E-state index >= 15 is 0 Å². The molecule has 1 aromatic heterocycles. The van der Waals surface area contributed by atoms with Gasteiger partial charge in [0.05, 0.1) is 5.69 Å². The molecule has 0 atom stereocenters. The Kier molecular flexibility index (Phi) is 7.36. The van der Waals surface area contributed by atoms with Crippen LogP contribution in [0.1, 0.15) is 49.9 Å². The van der Waals surface area contributed by atoms with E-state index in [1.165, 1.54) is 66.6 Å². The highest BCUT2D eigenvalue weighted by Gasteiger charge is 2.39. The van der Waals surface area contributed by atoms with Crippen molar-refractivity contribution in [3.8, 4) is 44.5 Å². The van der Waals surface area contributed by atoms with Crippen molar-refractivity contribution in [2.75, 3.05) is 4.90 Å². The Morgan fingerprint density at radius 1 is 0.400 bits per heavy atom. The summed E-state index contributed by atoms with van der Waals surface area (Å²) in [5.41, 5.74) is 20.5. The number of para-hydroxylation sites is 1. The highest BCUT2D eigenvalue weighted by Crippen LogP contribution is 2.55. The molecule has 0 aliphatic heterocycles. The second-order valence-corrected chi connectivity index (χ2v) is 17.6. The van der Waals surface area contributed by atoms with Crippen molar-refractivity contribution >= 4 is 49.8 Å². The van der Waals surface area contributed by atoms with Crippen LogP contribution in [0, 0.1) is 0 Å². The molecule has 286 valence electrons. The molecule has 2 heteroatoms. The van der Waals surface area contributed by atoms with Crippen LogP contribution in [0.25, 0.3) is 77.2 Å². The van der Waals surface area contributed by atoms with Crippen molar-refractivity contribution in [3.05, 3.63) is 210 Å². The number of nitrogens with zero attached hydrogens (tertiary/aromatic N) is 1. The van der Waals surface area contributed by atoms with Crippen LogP contribution in [0.3, 0.4) is 0 Å². The molecule has 0 N–H and O–H groups in total. The molecule has 0 unspecified atom stereocenters. The van der Waals surface area contributed by atoms with Gasteiger partial charge in [0.15, 0.2) is 0 Å². The van der Waals surface area contributed by atoms with Crippen LogP contribution in [0.4, 0.5) is 17.1 Å². The van der Waals surface area contributed by atoms with Crippen LogP contribution >= 0.6 is 0 Å². The van der Waals surface area contributed by atoms with Gasteiger partial charge in [-0.3, -0.25) is 0 Å². The molecule has 2 aliphatic rings. The van der Waals surface area contributed by atoms with E-state index in [1.54, 1.807) is 0 Å². The third-order valence-electron chi connectivity index (χ3n) is 13.7. The van der Waals surface area contributed by atoms with E-state index in [2.05, 4.69) is 221 Å². The number of benzene rings is 9. The Labute approximate surface area is 351 Å². The molecule has 60 heavy (non-hydrogen) atoms. The van der Waals surface area contributed by atoms with Crippen molar-refractivity contribution in [1.29, 1.82) is 0 Å². The lowest BCUT2D eigenvalue weighted by atomic mass is 9.78. The minimum atomic E-state index is -0.157. The van der Waals surface area contributed by atoms with Gasteiger partial charge in [0.1, 0.15) is 11.2 Å². The summed E-state index contributed by atoms with van der Waals surface area (Å²) < 4.78 is 6.60. The first-order valence-corrected chi connectivity index (χ1v) is 21.1.